The largest absolute Gasteiger partial charge is 0.507 e. The van der Waals surface area contributed by atoms with Crippen molar-refractivity contribution in [2.45, 2.75) is 38.5 Å². The van der Waals surface area contributed by atoms with E-state index in [9.17, 15) is 26.7 Å². The number of phenols is 1. The SMILES string of the molecule is Cc1cc(C(F)(F)F)cc(O)c1-c1ccc(CNC2CC3(C2)CS(=O)(=O)C3)nn1. The highest BCUT2D eigenvalue weighted by Crippen LogP contribution is 2.49. The van der Waals surface area contributed by atoms with Gasteiger partial charge in [0.05, 0.1) is 28.5 Å². The molecule has 1 aliphatic carbocycles. The molecule has 0 unspecified atom stereocenters. The van der Waals surface area contributed by atoms with Crippen LogP contribution in [0.25, 0.3) is 11.3 Å². The highest BCUT2D eigenvalue weighted by molar-refractivity contribution is 7.92. The Labute approximate surface area is 166 Å². The van der Waals surface area contributed by atoms with Gasteiger partial charge < -0.3 is 10.4 Å². The maximum absolute atomic E-state index is 12.9. The molecule has 1 saturated carbocycles. The highest BCUT2D eigenvalue weighted by atomic mass is 32.2. The first-order valence-corrected chi connectivity index (χ1v) is 11.0. The number of nitrogens with one attached hydrogen (secondary N) is 1. The van der Waals surface area contributed by atoms with Gasteiger partial charge in [0, 0.05) is 23.6 Å². The van der Waals surface area contributed by atoms with Crippen molar-refractivity contribution >= 4 is 9.84 Å². The zero-order valence-electron chi connectivity index (χ0n) is 15.6. The van der Waals surface area contributed by atoms with Crippen molar-refractivity contribution in [2.75, 3.05) is 11.5 Å². The van der Waals surface area contributed by atoms with E-state index in [1.165, 1.54) is 6.92 Å². The van der Waals surface area contributed by atoms with Crippen LogP contribution in [-0.2, 0) is 22.6 Å². The van der Waals surface area contributed by atoms with E-state index in [1.54, 1.807) is 12.1 Å². The number of aryl methyl sites for hydroxylation is 1. The molecular weight excluding hydrogens is 407 g/mol. The molecule has 29 heavy (non-hydrogen) atoms. The normalized spacial score (nSPS) is 20.3. The molecule has 1 saturated heterocycles. The Hall–Kier alpha value is -2.20. The van der Waals surface area contributed by atoms with Gasteiger partial charge in [-0.2, -0.15) is 23.4 Å². The molecule has 0 atom stereocenters. The molecule has 1 aliphatic heterocycles. The molecule has 6 nitrogen and oxygen atoms in total. The first-order valence-electron chi connectivity index (χ1n) is 9.14. The van der Waals surface area contributed by atoms with Crippen LogP contribution >= 0.6 is 0 Å². The number of benzene rings is 1. The fourth-order valence-electron chi connectivity index (χ4n) is 4.36. The lowest BCUT2D eigenvalue weighted by Crippen LogP contribution is -2.61. The number of nitrogens with zero attached hydrogens (tertiary/aromatic N) is 2. The third kappa shape index (κ3) is 3.95. The Morgan fingerprint density at radius 1 is 1.21 bits per heavy atom. The quantitative estimate of drug-likeness (QED) is 0.780. The van der Waals surface area contributed by atoms with Crippen LogP contribution in [0.5, 0.6) is 5.75 Å². The van der Waals surface area contributed by atoms with Crippen molar-refractivity contribution in [2.24, 2.45) is 5.41 Å². The van der Waals surface area contributed by atoms with Gasteiger partial charge in [0.1, 0.15) is 5.75 Å². The highest BCUT2D eigenvalue weighted by Gasteiger charge is 2.56. The topological polar surface area (TPSA) is 92.2 Å². The second-order valence-electron chi connectivity index (χ2n) is 8.11. The second-order valence-corrected chi connectivity index (χ2v) is 10.2. The molecule has 4 rings (SSSR count). The molecule has 0 amide bonds. The summed E-state index contributed by atoms with van der Waals surface area (Å²) in [5.41, 5.74) is 0.469. The Balaban J connectivity index is 1.39. The summed E-state index contributed by atoms with van der Waals surface area (Å²) in [6, 6.07) is 5.22. The van der Waals surface area contributed by atoms with Crippen molar-refractivity contribution < 1.29 is 26.7 Å². The Bertz CT molecular complexity index is 1010. The van der Waals surface area contributed by atoms with Gasteiger partial charge in [-0.3, -0.25) is 0 Å². The second kappa shape index (κ2) is 6.66. The number of hydrogen-bond donors (Lipinski definition) is 2. The number of hydrogen-bond acceptors (Lipinski definition) is 6. The maximum Gasteiger partial charge on any atom is 0.416 e. The van der Waals surface area contributed by atoms with Gasteiger partial charge in [-0.1, -0.05) is 0 Å². The predicted molar refractivity (Wildman–Crippen MR) is 99.8 cm³/mol. The van der Waals surface area contributed by atoms with Crippen molar-refractivity contribution in [3.63, 3.8) is 0 Å². The van der Waals surface area contributed by atoms with E-state index in [1.807, 2.05) is 0 Å². The van der Waals surface area contributed by atoms with Gasteiger partial charge >= 0.3 is 6.18 Å². The van der Waals surface area contributed by atoms with Crippen LogP contribution in [0.1, 0.15) is 29.7 Å². The summed E-state index contributed by atoms with van der Waals surface area (Å²) < 4.78 is 61.2. The standard InChI is InChI=1S/C19H20F3N3O3S/c1-11-4-12(19(20,21)22)5-16(26)17(11)15-3-2-13(24-25-15)8-23-14-6-18(7-14)9-29(27,28)10-18/h2-5,14,23,26H,6-10H2,1H3. The van der Waals surface area contributed by atoms with Crippen LogP contribution in [0.3, 0.4) is 0 Å². The van der Waals surface area contributed by atoms with Crippen molar-refractivity contribution in [1.29, 1.82) is 0 Å². The minimum atomic E-state index is -4.54. The van der Waals surface area contributed by atoms with E-state index in [2.05, 4.69) is 15.5 Å². The fraction of sp³-hybridized carbons (Fsp3) is 0.474. The van der Waals surface area contributed by atoms with E-state index in [-0.39, 0.29) is 34.1 Å². The number of aromatic nitrogens is 2. The number of aromatic hydroxyl groups is 1. The molecule has 0 radical (unpaired) electrons. The molecule has 2 fully saturated rings. The smallest absolute Gasteiger partial charge is 0.416 e. The first-order chi connectivity index (χ1) is 13.5. The molecule has 1 aromatic carbocycles. The number of alkyl halides is 3. The third-order valence-electron chi connectivity index (χ3n) is 5.60. The van der Waals surface area contributed by atoms with E-state index in [0.717, 1.165) is 18.9 Å². The minimum absolute atomic E-state index is 0.0380. The molecule has 2 heterocycles. The maximum atomic E-state index is 12.9. The molecule has 2 aliphatic rings. The van der Waals surface area contributed by atoms with Gasteiger partial charge in [0.2, 0.25) is 0 Å². The monoisotopic (exact) mass is 427 g/mol. The van der Waals surface area contributed by atoms with Gasteiger partial charge in [-0.15, -0.1) is 0 Å². The Morgan fingerprint density at radius 2 is 1.90 bits per heavy atom. The average Bonchev–Trinajstić information content (AvgIpc) is 2.55. The van der Waals surface area contributed by atoms with E-state index >= 15 is 0 Å². The third-order valence-corrected chi connectivity index (χ3v) is 7.71. The van der Waals surface area contributed by atoms with Crippen molar-refractivity contribution in [3.05, 3.63) is 41.1 Å². The summed E-state index contributed by atoms with van der Waals surface area (Å²) in [5, 5.41) is 21.5. The molecular formula is C19H20F3N3O3S. The Morgan fingerprint density at radius 3 is 2.41 bits per heavy atom. The molecule has 1 aromatic heterocycles. The zero-order valence-corrected chi connectivity index (χ0v) is 16.4. The van der Waals surface area contributed by atoms with E-state index < -0.39 is 27.3 Å². The summed E-state index contributed by atoms with van der Waals surface area (Å²) in [7, 11) is -2.82. The fourth-order valence-corrected chi connectivity index (χ4v) is 6.61. The minimum Gasteiger partial charge on any atom is -0.507 e. The number of phenolic OH excluding ortho intramolecular Hbond substituents is 1. The van der Waals surface area contributed by atoms with Crippen LogP contribution in [-0.4, -0.2) is 41.3 Å². The van der Waals surface area contributed by atoms with Crippen molar-refractivity contribution in [3.8, 4) is 17.0 Å². The van der Waals surface area contributed by atoms with Crippen LogP contribution in [0.15, 0.2) is 24.3 Å². The summed E-state index contributed by atoms with van der Waals surface area (Å²) in [6.45, 7) is 1.94. The van der Waals surface area contributed by atoms with Gasteiger partial charge in [0.25, 0.3) is 0 Å². The number of rotatable bonds is 4. The molecule has 0 bridgehead atoms. The van der Waals surface area contributed by atoms with Crippen molar-refractivity contribution in [1.82, 2.24) is 15.5 Å². The molecule has 10 heteroatoms. The first kappa shape index (κ1) is 20.1. The number of sulfone groups is 1. The lowest BCUT2D eigenvalue weighted by atomic mass is 9.67. The van der Waals surface area contributed by atoms with Crippen LogP contribution in [0, 0.1) is 12.3 Å². The van der Waals surface area contributed by atoms with Gasteiger partial charge in [-0.05, 0) is 49.6 Å². The molecule has 1 spiro atoms. The van der Waals surface area contributed by atoms with E-state index in [0.29, 0.717) is 24.0 Å². The lowest BCUT2D eigenvalue weighted by Gasteiger charge is -2.53. The average molecular weight is 427 g/mol. The summed E-state index contributed by atoms with van der Waals surface area (Å²) in [4.78, 5) is 0. The van der Waals surface area contributed by atoms with E-state index in [4.69, 9.17) is 0 Å². The van der Waals surface area contributed by atoms with Crippen LogP contribution in [0.2, 0.25) is 0 Å². The van der Waals surface area contributed by atoms with Crippen LogP contribution in [0.4, 0.5) is 13.2 Å². The summed E-state index contributed by atoms with van der Waals surface area (Å²) in [5.74, 6) is 0.0680. The molecule has 2 aromatic rings. The zero-order chi connectivity index (χ0) is 21.0. The lowest BCUT2D eigenvalue weighted by molar-refractivity contribution is -0.137. The van der Waals surface area contributed by atoms with Gasteiger partial charge in [-0.25, -0.2) is 8.42 Å². The predicted octanol–water partition coefficient (Wildman–Crippen LogP) is 2.84. The summed E-state index contributed by atoms with van der Waals surface area (Å²) >= 11 is 0. The summed E-state index contributed by atoms with van der Waals surface area (Å²) in [6.07, 6.45) is -2.88. The molecule has 2 N–H and O–H groups in total. The van der Waals surface area contributed by atoms with Gasteiger partial charge in [0.15, 0.2) is 9.84 Å². The number of halogens is 3. The Kier molecular flexibility index (Phi) is 4.62. The molecule has 156 valence electrons. The van der Waals surface area contributed by atoms with Crippen LogP contribution < -0.4 is 5.32 Å².